The Labute approximate surface area is 232 Å². The Kier molecular flexibility index (Phi) is 6.66. The van der Waals surface area contributed by atoms with Gasteiger partial charge in [-0.25, -0.2) is 0 Å². The third kappa shape index (κ3) is 4.81. The lowest BCUT2D eigenvalue weighted by atomic mass is 9.96. The first-order chi connectivity index (χ1) is 19.1. The fraction of sp³-hybridized carbons (Fsp3) is 0.0278. The molecule has 6 aromatic carbocycles. The zero-order valence-corrected chi connectivity index (χ0v) is 22.5. The van der Waals surface area contributed by atoms with Crippen LogP contribution < -0.4 is 5.73 Å². The van der Waals surface area contributed by atoms with Crippen molar-refractivity contribution in [2.45, 2.75) is 6.92 Å². The van der Waals surface area contributed by atoms with Crippen LogP contribution in [0.1, 0.15) is 16.7 Å². The number of para-hydroxylation sites is 1. The van der Waals surface area contributed by atoms with Gasteiger partial charge in [0.15, 0.2) is 0 Å². The number of nitrogen functional groups attached to an aromatic ring is 1. The molecule has 3 N–H and O–H groups in total. The fourth-order valence-corrected chi connectivity index (χ4v) is 6.27. The van der Waals surface area contributed by atoms with Gasteiger partial charge < -0.3 is 5.73 Å². The lowest BCUT2D eigenvalue weighted by Crippen LogP contribution is -2.04. The predicted molar refractivity (Wildman–Crippen MR) is 170 cm³/mol. The first-order valence-electron chi connectivity index (χ1n) is 13.0. The zero-order chi connectivity index (χ0) is 26.8. The largest absolute Gasteiger partial charge is 0.398 e. The highest BCUT2D eigenvalue weighted by molar-refractivity contribution is 7.26. The normalized spacial score (nSPS) is 10.9. The molecule has 0 aliphatic rings. The highest BCUT2D eigenvalue weighted by Crippen LogP contribution is 2.43. The number of thiophene rings is 1. The van der Waals surface area contributed by atoms with E-state index >= 15 is 0 Å². The van der Waals surface area contributed by atoms with Crippen LogP contribution >= 0.6 is 11.3 Å². The SMILES string of the molecule is Cc1cccc(-c2cccc3sc4ccc5ccccc5c4c23)c1.N=C(c1ccccc1)c1ccccc1N. The number of nitrogens with one attached hydrogen (secondary N) is 1. The van der Waals surface area contributed by atoms with Gasteiger partial charge in [-0.2, -0.15) is 0 Å². The average molecular weight is 521 g/mol. The summed E-state index contributed by atoms with van der Waals surface area (Å²) >= 11 is 1.89. The van der Waals surface area contributed by atoms with Crippen molar-refractivity contribution in [1.82, 2.24) is 0 Å². The maximum Gasteiger partial charge on any atom is 0.0705 e. The van der Waals surface area contributed by atoms with Gasteiger partial charge in [0.2, 0.25) is 0 Å². The topological polar surface area (TPSA) is 49.9 Å². The Bertz CT molecular complexity index is 1950. The molecular formula is C36H28N2S. The maximum atomic E-state index is 8.03. The molecule has 7 aromatic rings. The number of benzene rings is 6. The number of rotatable bonds is 3. The lowest BCUT2D eigenvalue weighted by Gasteiger charge is -2.07. The van der Waals surface area contributed by atoms with E-state index < -0.39 is 0 Å². The second kappa shape index (κ2) is 10.6. The third-order valence-electron chi connectivity index (χ3n) is 7.01. The molecule has 0 radical (unpaired) electrons. The second-order valence-electron chi connectivity index (χ2n) is 9.64. The van der Waals surface area contributed by atoms with Gasteiger partial charge in [0.25, 0.3) is 0 Å². The summed E-state index contributed by atoms with van der Waals surface area (Å²) in [7, 11) is 0. The molecule has 7 rings (SSSR count). The van der Waals surface area contributed by atoms with Gasteiger partial charge in [-0.3, -0.25) is 5.41 Å². The Hall–Kier alpha value is -4.73. The smallest absolute Gasteiger partial charge is 0.0705 e. The monoisotopic (exact) mass is 520 g/mol. The van der Waals surface area contributed by atoms with E-state index in [0.29, 0.717) is 11.4 Å². The van der Waals surface area contributed by atoms with E-state index in [0.717, 1.165) is 11.1 Å². The molecule has 2 nitrogen and oxygen atoms in total. The Balaban J connectivity index is 0.000000159. The molecule has 0 saturated carbocycles. The molecule has 0 atom stereocenters. The van der Waals surface area contributed by atoms with Gasteiger partial charge in [0, 0.05) is 37.0 Å². The van der Waals surface area contributed by atoms with Gasteiger partial charge in [-0.1, -0.05) is 121 Å². The molecule has 0 unspecified atom stereocenters. The molecule has 1 heterocycles. The third-order valence-corrected chi connectivity index (χ3v) is 8.13. The van der Waals surface area contributed by atoms with Gasteiger partial charge >= 0.3 is 0 Å². The van der Waals surface area contributed by atoms with Crippen LogP contribution in [0.3, 0.4) is 0 Å². The predicted octanol–water partition coefficient (Wildman–Crippen LogP) is 9.87. The van der Waals surface area contributed by atoms with E-state index in [-0.39, 0.29) is 0 Å². The van der Waals surface area contributed by atoms with Crippen molar-refractivity contribution < 1.29 is 0 Å². The van der Waals surface area contributed by atoms with Gasteiger partial charge in [0.1, 0.15) is 0 Å². The summed E-state index contributed by atoms with van der Waals surface area (Å²) in [6.45, 7) is 2.16. The second-order valence-corrected chi connectivity index (χ2v) is 10.7. The van der Waals surface area contributed by atoms with Crippen LogP contribution in [0.25, 0.3) is 42.1 Å². The Morgan fingerprint density at radius 2 is 1.36 bits per heavy atom. The first kappa shape index (κ1) is 24.6. The van der Waals surface area contributed by atoms with E-state index in [4.69, 9.17) is 11.1 Å². The summed E-state index contributed by atoms with van der Waals surface area (Å²) < 4.78 is 2.73. The molecule has 0 fully saturated rings. The molecule has 0 spiro atoms. The average Bonchev–Trinajstić information content (AvgIpc) is 3.37. The molecule has 0 saturated heterocycles. The van der Waals surface area contributed by atoms with E-state index in [1.807, 2.05) is 65.9 Å². The molecule has 1 aromatic heterocycles. The van der Waals surface area contributed by atoms with Gasteiger partial charge in [-0.15, -0.1) is 11.3 Å². The van der Waals surface area contributed by atoms with Crippen LogP contribution in [0.15, 0.2) is 133 Å². The number of aryl methyl sites for hydroxylation is 1. The minimum Gasteiger partial charge on any atom is -0.398 e. The lowest BCUT2D eigenvalue weighted by molar-refractivity contribution is 1.46. The molecular weight excluding hydrogens is 492 g/mol. The van der Waals surface area contributed by atoms with Crippen molar-refractivity contribution >= 4 is 53.7 Å². The summed E-state index contributed by atoms with van der Waals surface area (Å²) in [5, 5.41) is 13.5. The Morgan fingerprint density at radius 3 is 2.18 bits per heavy atom. The summed E-state index contributed by atoms with van der Waals surface area (Å²) in [5.41, 5.74) is 12.5. The van der Waals surface area contributed by atoms with Crippen molar-refractivity contribution in [3.63, 3.8) is 0 Å². The first-order valence-corrected chi connectivity index (χ1v) is 13.8. The van der Waals surface area contributed by atoms with Crippen molar-refractivity contribution in [3.8, 4) is 11.1 Å². The molecule has 188 valence electrons. The van der Waals surface area contributed by atoms with E-state index in [9.17, 15) is 0 Å². The minimum atomic E-state index is 0.466. The number of hydrogen-bond donors (Lipinski definition) is 2. The van der Waals surface area contributed by atoms with Crippen molar-refractivity contribution in [2.75, 3.05) is 5.73 Å². The van der Waals surface area contributed by atoms with Crippen LogP contribution in [0, 0.1) is 12.3 Å². The van der Waals surface area contributed by atoms with Gasteiger partial charge in [-0.05, 0) is 47.0 Å². The minimum absolute atomic E-state index is 0.466. The zero-order valence-electron chi connectivity index (χ0n) is 21.7. The van der Waals surface area contributed by atoms with Crippen LogP contribution in [0.5, 0.6) is 0 Å². The quantitative estimate of drug-likeness (QED) is 0.177. The maximum absolute atomic E-state index is 8.03. The van der Waals surface area contributed by atoms with E-state index in [2.05, 4.69) is 85.8 Å². The standard InChI is InChI=1S/C23H16S.C13H12N2/c1-15-6-4-8-17(14-15)19-10-5-11-20-23(19)22-18-9-3-2-7-16(18)12-13-21(22)24-20;14-12-9-5-4-8-11(12)13(15)10-6-2-1-3-7-10/h2-14H,1H3;1-9,15H,14H2. The van der Waals surface area contributed by atoms with Crippen LogP contribution in [0.2, 0.25) is 0 Å². The van der Waals surface area contributed by atoms with Crippen LogP contribution in [-0.4, -0.2) is 5.71 Å². The number of anilines is 1. The summed E-state index contributed by atoms with van der Waals surface area (Å²) in [5.74, 6) is 0. The number of hydrogen-bond acceptors (Lipinski definition) is 3. The fourth-order valence-electron chi connectivity index (χ4n) is 5.13. The molecule has 39 heavy (non-hydrogen) atoms. The molecule has 3 heteroatoms. The van der Waals surface area contributed by atoms with Crippen molar-refractivity contribution in [1.29, 1.82) is 5.41 Å². The molecule has 0 amide bonds. The van der Waals surface area contributed by atoms with Crippen LogP contribution in [0.4, 0.5) is 5.69 Å². The molecule has 0 aliphatic carbocycles. The van der Waals surface area contributed by atoms with Gasteiger partial charge in [0.05, 0.1) is 5.71 Å². The summed E-state index contributed by atoms with van der Waals surface area (Å²) in [6, 6.07) is 45.7. The summed E-state index contributed by atoms with van der Waals surface area (Å²) in [4.78, 5) is 0. The van der Waals surface area contributed by atoms with E-state index in [1.54, 1.807) is 0 Å². The van der Waals surface area contributed by atoms with Crippen molar-refractivity contribution in [3.05, 3.63) is 150 Å². The highest BCUT2D eigenvalue weighted by atomic mass is 32.1. The Morgan fingerprint density at radius 1 is 0.641 bits per heavy atom. The highest BCUT2D eigenvalue weighted by Gasteiger charge is 2.13. The number of nitrogens with two attached hydrogens (primary N) is 1. The molecule has 0 bridgehead atoms. The van der Waals surface area contributed by atoms with Crippen molar-refractivity contribution in [2.24, 2.45) is 0 Å². The van der Waals surface area contributed by atoms with E-state index in [1.165, 1.54) is 47.6 Å². The number of fused-ring (bicyclic) bond motifs is 5. The van der Waals surface area contributed by atoms with Crippen LogP contribution in [-0.2, 0) is 0 Å². The summed E-state index contributed by atoms with van der Waals surface area (Å²) in [6.07, 6.45) is 0. The molecule has 0 aliphatic heterocycles.